The summed E-state index contributed by atoms with van der Waals surface area (Å²) in [5.74, 6) is 0.726. The van der Waals surface area contributed by atoms with E-state index in [-0.39, 0.29) is 16.6 Å². The Balaban J connectivity index is 1.65. The molecule has 1 aliphatic rings. The van der Waals surface area contributed by atoms with Crippen LogP contribution in [0.4, 0.5) is 0 Å². The third-order valence-electron chi connectivity index (χ3n) is 6.46. The maximum absolute atomic E-state index is 13.4. The normalized spacial score (nSPS) is 19.6. The van der Waals surface area contributed by atoms with Crippen LogP contribution in [0.25, 0.3) is 11.0 Å². The molecule has 176 valence electrons. The summed E-state index contributed by atoms with van der Waals surface area (Å²) in [6, 6.07) is 14.7. The van der Waals surface area contributed by atoms with Gasteiger partial charge >= 0.3 is 0 Å². The van der Waals surface area contributed by atoms with Crippen molar-refractivity contribution in [2.75, 3.05) is 19.6 Å². The molecule has 0 saturated carbocycles. The highest BCUT2D eigenvalue weighted by Gasteiger charge is 2.32. The molecule has 0 bridgehead atoms. The van der Waals surface area contributed by atoms with E-state index in [2.05, 4.69) is 13.8 Å². The minimum atomic E-state index is -3.61. The van der Waals surface area contributed by atoms with E-state index >= 15 is 0 Å². The molecule has 1 aliphatic heterocycles. The standard InChI is InChI=1S/C26H32N2O4S/c1-5-27(17-21-9-7-6-8-10-21)26(29)25-20(4)23-14-22(11-12-24(23)32-25)33(30,31)28-15-18(2)13-19(3)16-28/h6-12,14,18-19H,5,13,15-17H2,1-4H3. The largest absolute Gasteiger partial charge is 0.451 e. The molecule has 2 heterocycles. The highest BCUT2D eigenvalue weighted by atomic mass is 32.2. The first-order valence-corrected chi connectivity index (χ1v) is 13.0. The van der Waals surface area contributed by atoms with Crippen LogP contribution in [-0.2, 0) is 16.6 Å². The zero-order valence-electron chi connectivity index (χ0n) is 19.7. The van der Waals surface area contributed by atoms with Crippen molar-refractivity contribution < 1.29 is 17.6 Å². The Hall–Kier alpha value is -2.64. The van der Waals surface area contributed by atoms with Crippen LogP contribution in [0.1, 0.15) is 48.9 Å². The number of hydrogen-bond acceptors (Lipinski definition) is 4. The third-order valence-corrected chi connectivity index (χ3v) is 8.29. The van der Waals surface area contributed by atoms with Gasteiger partial charge in [0, 0.05) is 37.1 Å². The Morgan fingerprint density at radius 1 is 1.09 bits per heavy atom. The molecule has 1 fully saturated rings. The smallest absolute Gasteiger partial charge is 0.290 e. The molecule has 33 heavy (non-hydrogen) atoms. The number of carbonyl (C=O) groups is 1. The van der Waals surface area contributed by atoms with Crippen LogP contribution in [-0.4, -0.2) is 43.2 Å². The van der Waals surface area contributed by atoms with Crippen LogP contribution in [0.15, 0.2) is 57.8 Å². The van der Waals surface area contributed by atoms with Crippen molar-refractivity contribution in [3.8, 4) is 0 Å². The lowest BCUT2D eigenvalue weighted by Gasteiger charge is -2.34. The van der Waals surface area contributed by atoms with Gasteiger partial charge in [-0.25, -0.2) is 8.42 Å². The molecular weight excluding hydrogens is 436 g/mol. The monoisotopic (exact) mass is 468 g/mol. The average molecular weight is 469 g/mol. The van der Waals surface area contributed by atoms with Crippen molar-refractivity contribution in [1.29, 1.82) is 0 Å². The van der Waals surface area contributed by atoms with Crippen LogP contribution in [0, 0.1) is 18.8 Å². The van der Waals surface area contributed by atoms with Crippen molar-refractivity contribution in [2.24, 2.45) is 11.8 Å². The summed E-state index contributed by atoms with van der Waals surface area (Å²) in [4.78, 5) is 15.3. The number of hydrogen-bond donors (Lipinski definition) is 0. The summed E-state index contributed by atoms with van der Waals surface area (Å²) in [7, 11) is -3.61. The van der Waals surface area contributed by atoms with Gasteiger partial charge in [0.2, 0.25) is 10.0 Å². The Morgan fingerprint density at radius 2 is 1.76 bits per heavy atom. The molecule has 1 aromatic heterocycles. The molecule has 1 saturated heterocycles. The summed E-state index contributed by atoms with van der Waals surface area (Å²) in [6.07, 6.45) is 1.04. The van der Waals surface area contributed by atoms with Crippen molar-refractivity contribution in [3.63, 3.8) is 0 Å². The highest BCUT2D eigenvalue weighted by Crippen LogP contribution is 2.32. The Bertz CT molecular complexity index is 1240. The predicted molar refractivity (Wildman–Crippen MR) is 130 cm³/mol. The maximum Gasteiger partial charge on any atom is 0.290 e. The van der Waals surface area contributed by atoms with Gasteiger partial charge in [-0.05, 0) is 55.9 Å². The molecule has 2 unspecified atom stereocenters. The van der Waals surface area contributed by atoms with Crippen molar-refractivity contribution in [1.82, 2.24) is 9.21 Å². The second kappa shape index (κ2) is 9.31. The first kappa shape index (κ1) is 23.5. The first-order valence-electron chi connectivity index (χ1n) is 11.6. The lowest BCUT2D eigenvalue weighted by Crippen LogP contribution is -2.42. The number of fused-ring (bicyclic) bond motifs is 1. The van der Waals surface area contributed by atoms with E-state index < -0.39 is 10.0 Å². The van der Waals surface area contributed by atoms with E-state index in [0.717, 1.165) is 12.0 Å². The van der Waals surface area contributed by atoms with Crippen LogP contribution in [0.2, 0.25) is 0 Å². The Kier molecular flexibility index (Phi) is 6.64. The van der Waals surface area contributed by atoms with Crippen molar-refractivity contribution in [2.45, 2.75) is 45.6 Å². The molecule has 4 rings (SSSR count). The maximum atomic E-state index is 13.4. The van der Waals surface area contributed by atoms with Crippen LogP contribution < -0.4 is 0 Å². The summed E-state index contributed by atoms with van der Waals surface area (Å²) >= 11 is 0. The van der Waals surface area contributed by atoms with Gasteiger partial charge in [-0.3, -0.25) is 4.79 Å². The number of rotatable bonds is 6. The van der Waals surface area contributed by atoms with Gasteiger partial charge in [0.1, 0.15) is 5.58 Å². The number of sulfonamides is 1. The minimum absolute atomic E-state index is 0.196. The molecule has 0 N–H and O–H groups in total. The second-order valence-corrected chi connectivity index (χ2v) is 11.2. The molecule has 2 atom stereocenters. The lowest BCUT2D eigenvalue weighted by molar-refractivity contribution is 0.0722. The van der Waals surface area contributed by atoms with Gasteiger partial charge in [-0.1, -0.05) is 44.2 Å². The topological polar surface area (TPSA) is 70.8 Å². The van der Waals surface area contributed by atoms with Crippen LogP contribution in [0.5, 0.6) is 0 Å². The number of nitrogens with zero attached hydrogens (tertiary/aromatic N) is 2. The van der Waals surface area contributed by atoms with E-state index in [0.29, 0.717) is 54.5 Å². The number of piperidine rings is 1. The molecule has 2 aromatic carbocycles. The van der Waals surface area contributed by atoms with E-state index in [1.165, 1.54) is 0 Å². The first-order chi connectivity index (χ1) is 15.7. The van der Waals surface area contributed by atoms with E-state index in [1.807, 2.05) is 44.2 Å². The fraction of sp³-hybridized carbons (Fsp3) is 0.423. The fourth-order valence-electron chi connectivity index (χ4n) is 4.79. The molecule has 0 aliphatic carbocycles. The molecule has 0 radical (unpaired) electrons. The summed E-state index contributed by atoms with van der Waals surface area (Å²) < 4.78 is 34.2. The van der Waals surface area contributed by atoms with Gasteiger partial charge in [-0.2, -0.15) is 4.31 Å². The lowest BCUT2D eigenvalue weighted by atomic mass is 9.94. The van der Waals surface area contributed by atoms with Gasteiger partial charge < -0.3 is 9.32 Å². The zero-order valence-corrected chi connectivity index (χ0v) is 20.6. The second-order valence-electron chi connectivity index (χ2n) is 9.29. The molecule has 0 spiro atoms. The summed E-state index contributed by atoms with van der Waals surface area (Å²) in [6.45, 7) is 10.0. The quantitative estimate of drug-likeness (QED) is 0.506. The van der Waals surface area contributed by atoms with Crippen molar-refractivity contribution >= 4 is 26.9 Å². The number of benzene rings is 2. The van der Waals surface area contributed by atoms with Crippen LogP contribution in [0.3, 0.4) is 0 Å². The molecule has 7 heteroatoms. The van der Waals surface area contributed by atoms with E-state index in [9.17, 15) is 13.2 Å². The Morgan fingerprint density at radius 3 is 2.39 bits per heavy atom. The average Bonchev–Trinajstić information content (AvgIpc) is 3.13. The highest BCUT2D eigenvalue weighted by molar-refractivity contribution is 7.89. The third kappa shape index (κ3) is 4.70. The van der Waals surface area contributed by atoms with Crippen molar-refractivity contribution in [3.05, 3.63) is 65.4 Å². The SMILES string of the molecule is CCN(Cc1ccccc1)C(=O)c1oc2ccc(S(=O)(=O)N3CC(C)CC(C)C3)cc2c1C. The summed E-state index contributed by atoms with van der Waals surface area (Å²) in [5, 5.41) is 0.660. The van der Waals surface area contributed by atoms with Crippen LogP contribution >= 0.6 is 0 Å². The van der Waals surface area contributed by atoms with E-state index in [4.69, 9.17) is 4.42 Å². The molecular formula is C26H32N2O4S. The number of carbonyl (C=O) groups excluding carboxylic acids is 1. The predicted octanol–water partition coefficient (Wildman–Crippen LogP) is 5.07. The fourth-order valence-corrected chi connectivity index (χ4v) is 6.50. The van der Waals surface area contributed by atoms with Gasteiger partial charge in [-0.15, -0.1) is 0 Å². The van der Waals surface area contributed by atoms with Gasteiger partial charge in [0.25, 0.3) is 5.91 Å². The number of amides is 1. The molecule has 6 nitrogen and oxygen atoms in total. The van der Waals surface area contributed by atoms with Gasteiger partial charge in [0.15, 0.2) is 5.76 Å². The minimum Gasteiger partial charge on any atom is -0.451 e. The zero-order chi connectivity index (χ0) is 23.8. The molecule has 3 aromatic rings. The summed E-state index contributed by atoms with van der Waals surface area (Å²) in [5.41, 5.74) is 2.23. The number of furan rings is 1. The van der Waals surface area contributed by atoms with E-state index in [1.54, 1.807) is 27.4 Å². The Labute approximate surface area is 196 Å². The van der Waals surface area contributed by atoms with Gasteiger partial charge in [0.05, 0.1) is 4.90 Å². The number of aryl methyl sites for hydroxylation is 1. The molecule has 1 amide bonds.